The molecule has 0 spiro atoms. The summed E-state index contributed by atoms with van der Waals surface area (Å²) in [5.74, 6) is 0. The van der Waals surface area contributed by atoms with E-state index in [0.717, 1.165) is 35.6 Å². The zero-order valence-corrected chi connectivity index (χ0v) is 11.9. The van der Waals surface area contributed by atoms with Crippen LogP contribution >= 0.6 is 15.9 Å². The fourth-order valence-corrected chi connectivity index (χ4v) is 2.44. The van der Waals surface area contributed by atoms with E-state index in [0.29, 0.717) is 0 Å². The van der Waals surface area contributed by atoms with Gasteiger partial charge in [-0.1, -0.05) is 35.0 Å². The van der Waals surface area contributed by atoms with Gasteiger partial charge in [-0.05, 0) is 43.5 Å². The van der Waals surface area contributed by atoms with E-state index in [2.05, 4.69) is 27.8 Å². The third-order valence-electron chi connectivity index (χ3n) is 3.41. The van der Waals surface area contributed by atoms with Gasteiger partial charge in [-0.25, -0.2) is 0 Å². The zero-order chi connectivity index (χ0) is 12.3. The Bertz CT molecular complexity index is 348. The van der Waals surface area contributed by atoms with Gasteiger partial charge in [-0.2, -0.15) is 0 Å². The van der Waals surface area contributed by atoms with Gasteiger partial charge < -0.3 is 10.0 Å². The van der Waals surface area contributed by atoms with Crippen LogP contribution in [0.2, 0.25) is 0 Å². The van der Waals surface area contributed by atoms with E-state index in [-0.39, 0.29) is 6.10 Å². The summed E-state index contributed by atoms with van der Waals surface area (Å²) in [6, 6.07) is 8.73. The van der Waals surface area contributed by atoms with E-state index < -0.39 is 0 Å². The minimum atomic E-state index is -0.337. The topological polar surface area (TPSA) is 23.5 Å². The van der Waals surface area contributed by atoms with Crippen molar-refractivity contribution < 1.29 is 5.11 Å². The minimum absolute atomic E-state index is 0.337. The van der Waals surface area contributed by atoms with Gasteiger partial charge in [0.1, 0.15) is 0 Å². The van der Waals surface area contributed by atoms with Crippen molar-refractivity contribution in [3.8, 4) is 0 Å². The van der Waals surface area contributed by atoms with E-state index in [1.165, 1.54) is 12.8 Å². The first kappa shape index (κ1) is 13.1. The number of hydrogen-bond donors (Lipinski definition) is 1. The predicted octanol–water partition coefficient (Wildman–Crippen LogP) is 3.36. The number of aliphatic hydroxyl groups excluding tert-OH is 1. The van der Waals surface area contributed by atoms with Crippen molar-refractivity contribution in [2.24, 2.45) is 0 Å². The molecule has 1 atom stereocenters. The molecule has 1 saturated carbocycles. The molecule has 3 heteroatoms. The molecule has 0 heterocycles. The molecule has 1 fully saturated rings. The highest BCUT2D eigenvalue weighted by Gasteiger charge is 2.27. The largest absolute Gasteiger partial charge is 0.388 e. The van der Waals surface area contributed by atoms with Gasteiger partial charge in [0.15, 0.2) is 0 Å². The van der Waals surface area contributed by atoms with E-state index in [1.807, 2.05) is 24.3 Å². The lowest BCUT2D eigenvalue weighted by molar-refractivity contribution is 0.141. The van der Waals surface area contributed by atoms with Gasteiger partial charge in [0.05, 0.1) is 6.10 Å². The number of rotatable bonds is 6. The van der Waals surface area contributed by atoms with Crippen LogP contribution < -0.4 is 0 Å². The maximum atomic E-state index is 10.1. The molecule has 0 radical (unpaired) electrons. The summed E-state index contributed by atoms with van der Waals surface area (Å²) in [7, 11) is 0. The summed E-state index contributed by atoms with van der Waals surface area (Å²) < 4.78 is 1.06. The van der Waals surface area contributed by atoms with Crippen LogP contribution in [0.5, 0.6) is 0 Å². The molecule has 1 unspecified atom stereocenters. The average Bonchev–Trinajstić information content (AvgIpc) is 3.15. The van der Waals surface area contributed by atoms with Gasteiger partial charge in [0.2, 0.25) is 0 Å². The van der Waals surface area contributed by atoms with E-state index in [9.17, 15) is 5.11 Å². The lowest BCUT2D eigenvalue weighted by atomic mass is 10.1. The van der Waals surface area contributed by atoms with Gasteiger partial charge in [0.25, 0.3) is 0 Å². The number of hydrogen-bond acceptors (Lipinski definition) is 2. The van der Waals surface area contributed by atoms with Crippen molar-refractivity contribution in [2.75, 3.05) is 13.1 Å². The van der Waals surface area contributed by atoms with E-state index in [4.69, 9.17) is 0 Å². The van der Waals surface area contributed by atoms with Gasteiger partial charge in [-0.15, -0.1) is 0 Å². The molecule has 2 nitrogen and oxygen atoms in total. The molecule has 1 aliphatic rings. The second-order valence-electron chi connectivity index (χ2n) is 4.72. The Morgan fingerprint density at radius 2 is 2.00 bits per heavy atom. The zero-order valence-electron chi connectivity index (χ0n) is 10.3. The molecule has 0 aromatic heterocycles. The summed E-state index contributed by atoms with van der Waals surface area (Å²) >= 11 is 3.41. The first-order valence-corrected chi connectivity index (χ1v) is 7.17. The molecular weight excluding hydrogens is 278 g/mol. The van der Waals surface area contributed by atoms with Crippen molar-refractivity contribution in [1.82, 2.24) is 4.90 Å². The quantitative estimate of drug-likeness (QED) is 0.870. The van der Waals surface area contributed by atoms with E-state index in [1.54, 1.807) is 0 Å². The molecule has 17 heavy (non-hydrogen) atoms. The highest BCUT2D eigenvalue weighted by atomic mass is 79.9. The van der Waals surface area contributed by atoms with Crippen molar-refractivity contribution in [1.29, 1.82) is 0 Å². The molecule has 0 saturated heterocycles. The van der Waals surface area contributed by atoms with Crippen LogP contribution in [0, 0.1) is 0 Å². The Morgan fingerprint density at radius 3 is 2.53 bits per heavy atom. The fraction of sp³-hybridized carbons (Fsp3) is 0.571. The second-order valence-corrected chi connectivity index (χ2v) is 5.63. The van der Waals surface area contributed by atoms with Crippen molar-refractivity contribution in [2.45, 2.75) is 38.3 Å². The first-order chi connectivity index (χ1) is 8.20. The molecule has 2 rings (SSSR count). The highest BCUT2D eigenvalue weighted by molar-refractivity contribution is 9.10. The average molecular weight is 298 g/mol. The third kappa shape index (κ3) is 3.80. The van der Waals surface area contributed by atoms with Crippen LogP contribution in [0.3, 0.4) is 0 Å². The Morgan fingerprint density at radius 1 is 1.35 bits per heavy atom. The number of aliphatic hydroxyl groups is 1. The van der Waals surface area contributed by atoms with Crippen LogP contribution in [-0.4, -0.2) is 29.1 Å². The van der Waals surface area contributed by atoms with Crippen LogP contribution in [0.15, 0.2) is 28.7 Å². The normalized spacial score (nSPS) is 17.4. The Hall–Kier alpha value is -0.380. The lowest BCUT2D eigenvalue weighted by Gasteiger charge is -2.21. The predicted molar refractivity (Wildman–Crippen MR) is 74.0 cm³/mol. The van der Waals surface area contributed by atoms with E-state index >= 15 is 0 Å². The van der Waals surface area contributed by atoms with Crippen molar-refractivity contribution in [3.63, 3.8) is 0 Å². The first-order valence-electron chi connectivity index (χ1n) is 6.38. The highest BCUT2D eigenvalue weighted by Crippen LogP contribution is 2.28. The molecule has 1 N–H and O–H groups in total. The number of halogens is 1. The minimum Gasteiger partial charge on any atom is -0.388 e. The van der Waals surface area contributed by atoms with Gasteiger partial charge in [-0.3, -0.25) is 0 Å². The Labute approximate surface area is 112 Å². The van der Waals surface area contributed by atoms with Crippen LogP contribution in [0.25, 0.3) is 0 Å². The molecular formula is C14H20BrNO. The number of benzene rings is 1. The molecule has 0 bridgehead atoms. The van der Waals surface area contributed by atoms with Crippen molar-refractivity contribution in [3.05, 3.63) is 34.3 Å². The fourth-order valence-electron chi connectivity index (χ4n) is 2.18. The Balaban J connectivity index is 1.83. The SMILES string of the molecule is CCN(CCC(O)c1ccc(Br)cc1)C1CC1. The monoisotopic (exact) mass is 297 g/mol. The summed E-state index contributed by atoms with van der Waals surface area (Å²) in [5, 5.41) is 10.1. The van der Waals surface area contributed by atoms with Crippen LogP contribution in [0.4, 0.5) is 0 Å². The molecule has 1 aromatic rings. The summed E-state index contributed by atoms with van der Waals surface area (Å²) in [6.07, 6.45) is 3.16. The second kappa shape index (κ2) is 5.98. The lowest BCUT2D eigenvalue weighted by Crippen LogP contribution is -2.27. The smallest absolute Gasteiger partial charge is 0.0802 e. The summed E-state index contributed by atoms with van der Waals surface area (Å²) in [6.45, 7) is 4.29. The maximum absolute atomic E-state index is 10.1. The van der Waals surface area contributed by atoms with Gasteiger partial charge >= 0.3 is 0 Å². The van der Waals surface area contributed by atoms with Gasteiger partial charge in [0, 0.05) is 17.1 Å². The maximum Gasteiger partial charge on any atom is 0.0802 e. The molecule has 1 aromatic carbocycles. The summed E-state index contributed by atoms with van der Waals surface area (Å²) in [5.41, 5.74) is 1.01. The third-order valence-corrected chi connectivity index (χ3v) is 3.94. The molecule has 1 aliphatic carbocycles. The van der Waals surface area contributed by atoms with Crippen LogP contribution in [-0.2, 0) is 0 Å². The number of nitrogens with zero attached hydrogens (tertiary/aromatic N) is 1. The molecule has 94 valence electrons. The van der Waals surface area contributed by atoms with Crippen molar-refractivity contribution >= 4 is 15.9 Å². The molecule has 0 aliphatic heterocycles. The molecule has 0 amide bonds. The summed E-state index contributed by atoms with van der Waals surface area (Å²) in [4.78, 5) is 2.47. The standard InChI is InChI=1S/C14H20BrNO/c1-2-16(13-7-8-13)10-9-14(17)11-3-5-12(15)6-4-11/h3-6,13-14,17H,2,7-10H2,1H3. The Kier molecular flexibility index (Phi) is 4.60. The van der Waals surface area contributed by atoms with Crippen LogP contribution in [0.1, 0.15) is 37.9 Å².